The van der Waals surface area contributed by atoms with Crippen molar-refractivity contribution in [3.05, 3.63) is 82.0 Å². The smallest absolute Gasteiger partial charge is 0.253 e. The first-order valence-corrected chi connectivity index (χ1v) is 13.7. The van der Waals surface area contributed by atoms with Gasteiger partial charge in [0.15, 0.2) is 0 Å². The standard InChI is InChI=1S/C27H28N4O2S2/c1-17-8-6-7-11-22(17)31-23(32)16-35-27-21(14-28)25(19-12-13-34-15-19)24(18(2)29-27)26(33)30-20-9-4-3-5-10-20/h3-11,19,25,29H,12-13,15-16H2,1-2H3,(H,30,33)(H,31,32). The number of dihydropyridines is 1. The molecule has 3 N–H and O–H groups in total. The molecule has 0 spiro atoms. The quantitative estimate of drug-likeness (QED) is 0.475. The molecule has 8 heteroatoms. The summed E-state index contributed by atoms with van der Waals surface area (Å²) >= 11 is 3.16. The molecule has 2 heterocycles. The number of hydrogen-bond donors (Lipinski definition) is 3. The molecule has 2 atom stereocenters. The van der Waals surface area contributed by atoms with Crippen molar-refractivity contribution in [1.29, 1.82) is 5.26 Å². The molecular weight excluding hydrogens is 476 g/mol. The fourth-order valence-electron chi connectivity index (χ4n) is 4.41. The SMILES string of the molecule is CC1=C(C(=O)Nc2ccccc2)C(C2CCSC2)C(C#N)=C(SCC(=O)Nc2ccccc2C)N1. The first kappa shape index (κ1) is 25.0. The van der Waals surface area contributed by atoms with Crippen LogP contribution in [-0.2, 0) is 9.59 Å². The maximum Gasteiger partial charge on any atom is 0.253 e. The summed E-state index contributed by atoms with van der Waals surface area (Å²) in [4.78, 5) is 26.0. The molecule has 0 aliphatic carbocycles. The normalized spacial score (nSPS) is 19.7. The Labute approximate surface area is 214 Å². The second-order valence-corrected chi connectivity index (χ2v) is 10.7. The zero-order chi connectivity index (χ0) is 24.8. The molecular formula is C27H28N4O2S2. The lowest BCUT2D eigenvalue weighted by Crippen LogP contribution is -2.35. The van der Waals surface area contributed by atoms with Crippen molar-refractivity contribution in [1.82, 2.24) is 5.32 Å². The van der Waals surface area contributed by atoms with E-state index in [1.54, 1.807) is 0 Å². The molecule has 0 aromatic heterocycles. The maximum atomic E-state index is 13.4. The van der Waals surface area contributed by atoms with Crippen LogP contribution in [0.5, 0.6) is 0 Å². The summed E-state index contributed by atoms with van der Waals surface area (Å²) < 4.78 is 0. The Bertz CT molecular complexity index is 1210. The lowest BCUT2D eigenvalue weighted by Gasteiger charge is -2.32. The molecule has 2 aliphatic rings. The van der Waals surface area contributed by atoms with Crippen LogP contribution in [0.4, 0.5) is 11.4 Å². The van der Waals surface area contributed by atoms with Crippen molar-refractivity contribution in [2.45, 2.75) is 20.3 Å². The number of amides is 2. The molecule has 4 rings (SSSR count). The van der Waals surface area contributed by atoms with Crippen LogP contribution in [0, 0.1) is 30.1 Å². The fourth-order valence-corrected chi connectivity index (χ4v) is 6.61. The van der Waals surface area contributed by atoms with Crippen LogP contribution < -0.4 is 16.0 Å². The molecule has 2 amide bonds. The first-order valence-electron chi connectivity index (χ1n) is 11.5. The number of allylic oxidation sites excluding steroid dienone is 2. The van der Waals surface area contributed by atoms with Gasteiger partial charge in [0.25, 0.3) is 5.91 Å². The summed E-state index contributed by atoms with van der Waals surface area (Å²) in [5, 5.41) is 20.0. The summed E-state index contributed by atoms with van der Waals surface area (Å²) in [6.07, 6.45) is 0.946. The van der Waals surface area contributed by atoms with Gasteiger partial charge in [-0.25, -0.2) is 0 Å². The van der Waals surface area contributed by atoms with Crippen LogP contribution in [0.25, 0.3) is 0 Å². The zero-order valence-electron chi connectivity index (χ0n) is 19.8. The fraction of sp³-hybridized carbons (Fsp3) is 0.296. The monoisotopic (exact) mass is 504 g/mol. The molecule has 0 saturated carbocycles. The zero-order valence-corrected chi connectivity index (χ0v) is 21.4. The molecule has 2 unspecified atom stereocenters. The highest BCUT2D eigenvalue weighted by Crippen LogP contribution is 2.43. The lowest BCUT2D eigenvalue weighted by molar-refractivity contribution is -0.114. The number of hydrogen-bond acceptors (Lipinski definition) is 6. The molecule has 180 valence electrons. The first-order chi connectivity index (χ1) is 17.0. The lowest BCUT2D eigenvalue weighted by atomic mass is 9.77. The number of carbonyl (C=O) groups is 2. The van der Waals surface area contributed by atoms with Gasteiger partial charge in [0.05, 0.1) is 22.4 Å². The van der Waals surface area contributed by atoms with Crippen LogP contribution in [-0.4, -0.2) is 29.1 Å². The van der Waals surface area contributed by atoms with Gasteiger partial charge in [-0.05, 0) is 61.5 Å². The highest BCUT2D eigenvalue weighted by molar-refractivity contribution is 8.03. The Balaban J connectivity index is 1.55. The minimum absolute atomic E-state index is 0.141. The van der Waals surface area contributed by atoms with Crippen molar-refractivity contribution in [2.24, 2.45) is 11.8 Å². The van der Waals surface area contributed by atoms with Crippen LogP contribution in [0.3, 0.4) is 0 Å². The van der Waals surface area contributed by atoms with E-state index in [0.717, 1.165) is 34.9 Å². The Kier molecular flexibility index (Phi) is 8.21. The molecule has 0 radical (unpaired) electrons. The second kappa shape index (κ2) is 11.5. The average Bonchev–Trinajstić information content (AvgIpc) is 3.39. The third kappa shape index (κ3) is 5.92. The van der Waals surface area contributed by atoms with Gasteiger partial charge < -0.3 is 16.0 Å². The van der Waals surface area contributed by atoms with Crippen LogP contribution in [0.1, 0.15) is 18.9 Å². The van der Waals surface area contributed by atoms with E-state index in [1.165, 1.54) is 11.8 Å². The van der Waals surface area contributed by atoms with Gasteiger partial charge in [-0.15, -0.1) is 0 Å². The third-order valence-electron chi connectivity index (χ3n) is 6.17. The molecule has 1 fully saturated rings. The van der Waals surface area contributed by atoms with E-state index in [2.05, 4.69) is 22.0 Å². The van der Waals surface area contributed by atoms with Gasteiger partial charge >= 0.3 is 0 Å². The van der Waals surface area contributed by atoms with Gasteiger partial charge in [-0.2, -0.15) is 17.0 Å². The molecule has 2 aromatic rings. The Morgan fingerprint density at radius 1 is 1.11 bits per heavy atom. The largest absolute Gasteiger partial charge is 0.353 e. The van der Waals surface area contributed by atoms with Crippen molar-refractivity contribution >= 4 is 46.7 Å². The minimum Gasteiger partial charge on any atom is -0.353 e. The highest BCUT2D eigenvalue weighted by Gasteiger charge is 2.39. The predicted octanol–water partition coefficient (Wildman–Crippen LogP) is 5.29. The number of rotatable bonds is 7. The van der Waals surface area contributed by atoms with E-state index in [1.807, 2.05) is 80.2 Å². The van der Waals surface area contributed by atoms with Gasteiger partial charge in [0.1, 0.15) is 0 Å². The van der Waals surface area contributed by atoms with Crippen molar-refractivity contribution in [3.63, 3.8) is 0 Å². The van der Waals surface area contributed by atoms with E-state index in [0.29, 0.717) is 21.9 Å². The Hall–Kier alpha value is -3.15. The van der Waals surface area contributed by atoms with Gasteiger partial charge in [0.2, 0.25) is 5.91 Å². The van der Waals surface area contributed by atoms with Crippen molar-refractivity contribution < 1.29 is 9.59 Å². The number of para-hydroxylation sites is 2. The van der Waals surface area contributed by atoms with Gasteiger partial charge in [-0.1, -0.05) is 48.2 Å². The highest BCUT2D eigenvalue weighted by atomic mass is 32.2. The summed E-state index contributed by atoms with van der Waals surface area (Å²) in [6, 6.07) is 19.3. The average molecular weight is 505 g/mol. The number of nitrogens with zero attached hydrogens (tertiary/aromatic N) is 1. The Morgan fingerprint density at radius 3 is 2.54 bits per heavy atom. The number of thioether (sulfide) groups is 2. The second-order valence-electron chi connectivity index (χ2n) is 8.59. The maximum absolute atomic E-state index is 13.4. The molecule has 1 saturated heterocycles. The summed E-state index contributed by atoms with van der Waals surface area (Å²) in [6.45, 7) is 3.82. The number of anilines is 2. The van der Waals surface area contributed by atoms with Crippen LogP contribution in [0.2, 0.25) is 0 Å². The van der Waals surface area contributed by atoms with Crippen molar-refractivity contribution in [2.75, 3.05) is 27.9 Å². The number of carbonyl (C=O) groups excluding carboxylic acids is 2. The van der Waals surface area contributed by atoms with Crippen LogP contribution >= 0.6 is 23.5 Å². The van der Waals surface area contributed by atoms with E-state index < -0.39 is 0 Å². The van der Waals surface area contributed by atoms with E-state index in [9.17, 15) is 14.9 Å². The van der Waals surface area contributed by atoms with Gasteiger partial charge in [-0.3, -0.25) is 9.59 Å². The van der Waals surface area contributed by atoms with E-state index in [4.69, 9.17) is 0 Å². The van der Waals surface area contributed by atoms with E-state index >= 15 is 0 Å². The number of aryl methyl sites for hydroxylation is 1. The third-order valence-corrected chi connectivity index (χ3v) is 8.38. The van der Waals surface area contributed by atoms with E-state index in [-0.39, 0.29) is 29.4 Å². The van der Waals surface area contributed by atoms with Crippen LogP contribution in [0.15, 0.2) is 76.5 Å². The molecule has 2 aliphatic heterocycles. The summed E-state index contributed by atoms with van der Waals surface area (Å²) in [5.41, 5.74) is 4.35. The topological polar surface area (TPSA) is 94.0 Å². The molecule has 0 bridgehead atoms. The number of nitrogens with one attached hydrogen (secondary N) is 3. The van der Waals surface area contributed by atoms with Gasteiger partial charge in [0, 0.05) is 28.6 Å². The number of nitriles is 1. The molecule has 2 aromatic carbocycles. The van der Waals surface area contributed by atoms with Crippen molar-refractivity contribution in [3.8, 4) is 6.07 Å². The molecule has 35 heavy (non-hydrogen) atoms. The Morgan fingerprint density at radius 2 is 1.86 bits per heavy atom. The molecule has 6 nitrogen and oxygen atoms in total. The number of benzene rings is 2. The predicted molar refractivity (Wildman–Crippen MR) is 145 cm³/mol. The summed E-state index contributed by atoms with van der Waals surface area (Å²) in [7, 11) is 0. The minimum atomic E-state index is -0.304. The summed E-state index contributed by atoms with van der Waals surface area (Å²) in [5.74, 6) is 1.63.